The van der Waals surface area contributed by atoms with Crippen molar-refractivity contribution in [2.45, 2.75) is 17.4 Å². The highest BCUT2D eigenvalue weighted by atomic mass is 32.2. The summed E-state index contributed by atoms with van der Waals surface area (Å²) in [5.74, 6) is 0.455. The Hall–Kier alpha value is -2.98. The summed E-state index contributed by atoms with van der Waals surface area (Å²) in [6, 6.07) is 12.8. The molecule has 29 heavy (non-hydrogen) atoms. The lowest BCUT2D eigenvalue weighted by molar-refractivity contribution is 0.215. The van der Waals surface area contributed by atoms with Crippen LogP contribution in [-0.2, 0) is 16.6 Å². The van der Waals surface area contributed by atoms with Crippen molar-refractivity contribution in [2.75, 3.05) is 20.2 Å². The highest BCUT2D eigenvalue weighted by Gasteiger charge is 2.40. The van der Waals surface area contributed by atoms with Crippen molar-refractivity contribution in [3.8, 4) is 11.5 Å². The fraction of sp³-hybridized carbons (Fsp3) is 0.263. The van der Waals surface area contributed by atoms with Crippen molar-refractivity contribution < 1.29 is 26.8 Å². The molecule has 10 heteroatoms. The van der Waals surface area contributed by atoms with Crippen LogP contribution in [0.15, 0.2) is 57.9 Å². The standard InChI is InChI=1S/C19H18FN3O5S/c1-26-17-8-7-15(9-16(17)20)29(24,25)23-10-13(11-23)19-21-18(22-28-19)12-27-14-5-3-2-4-6-14/h2-9,13H,10-12H2,1H3. The van der Waals surface area contributed by atoms with Crippen LogP contribution in [-0.4, -0.2) is 43.1 Å². The van der Waals surface area contributed by atoms with Gasteiger partial charge in [0.15, 0.2) is 18.2 Å². The van der Waals surface area contributed by atoms with E-state index in [1.54, 1.807) is 0 Å². The van der Waals surface area contributed by atoms with Crippen molar-refractivity contribution in [3.05, 3.63) is 66.1 Å². The van der Waals surface area contributed by atoms with E-state index in [1.807, 2.05) is 30.3 Å². The second-order valence-electron chi connectivity index (χ2n) is 6.47. The first kappa shape index (κ1) is 19.3. The molecule has 0 amide bonds. The second kappa shape index (κ2) is 7.80. The van der Waals surface area contributed by atoms with E-state index in [4.69, 9.17) is 14.0 Å². The Labute approximate surface area is 166 Å². The van der Waals surface area contributed by atoms with Gasteiger partial charge in [0.1, 0.15) is 5.75 Å². The van der Waals surface area contributed by atoms with Gasteiger partial charge in [-0.1, -0.05) is 23.4 Å². The summed E-state index contributed by atoms with van der Waals surface area (Å²) in [7, 11) is -2.49. The van der Waals surface area contributed by atoms with Crippen LogP contribution < -0.4 is 9.47 Å². The van der Waals surface area contributed by atoms with E-state index < -0.39 is 15.8 Å². The molecule has 1 fully saturated rings. The summed E-state index contributed by atoms with van der Waals surface area (Å²) < 4.78 is 56.0. The average molecular weight is 419 g/mol. The molecule has 1 saturated heterocycles. The lowest BCUT2D eigenvalue weighted by atomic mass is 10.0. The second-order valence-corrected chi connectivity index (χ2v) is 8.40. The first-order valence-corrected chi connectivity index (χ1v) is 10.3. The van der Waals surface area contributed by atoms with E-state index in [-0.39, 0.29) is 36.3 Å². The van der Waals surface area contributed by atoms with Crippen LogP contribution in [0.25, 0.3) is 0 Å². The molecule has 1 aromatic heterocycles. The number of aromatic nitrogens is 2. The monoisotopic (exact) mass is 419 g/mol. The molecule has 0 aliphatic carbocycles. The molecule has 8 nitrogen and oxygen atoms in total. The summed E-state index contributed by atoms with van der Waals surface area (Å²) in [6.07, 6.45) is 0. The van der Waals surface area contributed by atoms with Gasteiger partial charge in [0, 0.05) is 13.1 Å². The summed E-state index contributed by atoms with van der Waals surface area (Å²) in [6.45, 7) is 0.502. The molecule has 1 aliphatic rings. The third-order valence-corrected chi connectivity index (χ3v) is 6.38. The third kappa shape index (κ3) is 3.94. The van der Waals surface area contributed by atoms with Gasteiger partial charge in [0.2, 0.25) is 21.7 Å². The van der Waals surface area contributed by atoms with Crippen molar-refractivity contribution in [3.63, 3.8) is 0 Å². The first-order valence-electron chi connectivity index (χ1n) is 8.81. The van der Waals surface area contributed by atoms with Crippen molar-refractivity contribution in [2.24, 2.45) is 0 Å². The van der Waals surface area contributed by atoms with Crippen LogP contribution in [0.5, 0.6) is 11.5 Å². The molecule has 152 valence electrons. The quantitative estimate of drug-likeness (QED) is 0.581. The molecule has 0 unspecified atom stereocenters. The molecule has 4 rings (SSSR count). The van der Waals surface area contributed by atoms with Crippen molar-refractivity contribution in [1.82, 2.24) is 14.4 Å². The Morgan fingerprint density at radius 2 is 1.97 bits per heavy atom. The molecule has 2 aromatic carbocycles. The number of sulfonamides is 1. The van der Waals surface area contributed by atoms with Gasteiger partial charge in [0.05, 0.1) is 17.9 Å². The number of methoxy groups -OCH3 is 1. The maximum Gasteiger partial charge on any atom is 0.243 e. The number of hydrogen-bond acceptors (Lipinski definition) is 7. The molecular formula is C19H18FN3O5S. The average Bonchev–Trinajstić information content (AvgIpc) is 3.14. The molecule has 3 aromatic rings. The first-order chi connectivity index (χ1) is 14.0. The van der Waals surface area contributed by atoms with E-state index in [1.165, 1.54) is 23.5 Å². The smallest absolute Gasteiger partial charge is 0.243 e. The minimum Gasteiger partial charge on any atom is -0.494 e. The van der Waals surface area contributed by atoms with Crippen LogP contribution in [0.1, 0.15) is 17.6 Å². The molecule has 0 atom stereocenters. The number of benzene rings is 2. The van der Waals surface area contributed by atoms with E-state index >= 15 is 0 Å². The number of ether oxygens (including phenoxy) is 2. The summed E-state index contributed by atoms with van der Waals surface area (Å²) in [5.41, 5.74) is 0. The zero-order chi connectivity index (χ0) is 20.4. The fourth-order valence-corrected chi connectivity index (χ4v) is 4.45. The van der Waals surface area contributed by atoms with Gasteiger partial charge < -0.3 is 14.0 Å². The van der Waals surface area contributed by atoms with Gasteiger partial charge in [-0.05, 0) is 30.3 Å². The largest absolute Gasteiger partial charge is 0.494 e. The van der Waals surface area contributed by atoms with Crippen LogP contribution in [0.4, 0.5) is 4.39 Å². The van der Waals surface area contributed by atoms with Crippen LogP contribution >= 0.6 is 0 Å². The molecule has 1 aliphatic heterocycles. The van der Waals surface area contributed by atoms with Crippen molar-refractivity contribution in [1.29, 1.82) is 0 Å². The van der Waals surface area contributed by atoms with Gasteiger partial charge in [-0.15, -0.1) is 0 Å². The van der Waals surface area contributed by atoms with E-state index in [0.29, 0.717) is 17.5 Å². The zero-order valence-corrected chi connectivity index (χ0v) is 16.3. The van der Waals surface area contributed by atoms with Crippen LogP contribution in [0.2, 0.25) is 0 Å². The fourth-order valence-electron chi connectivity index (χ4n) is 2.90. The van der Waals surface area contributed by atoms with Gasteiger partial charge in [-0.3, -0.25) is 0 Å². The molecule has 0 bridgehead atoms. The normalized spacial score (nSPS) is 15.1. The Kier molecular flexibility index (Phi) is 5.20. The predicted molar refractivity (Wildman–Crippen MR) is 99.5 cm³/mol. The van der Waals surface area contributed by atoms with Gasteiger partial charge in [0.25, 0.3) is 0 Å². The molecule has 0 saturated carbocycles. The Morgan fingerprint density at radius 3 is 2.66 bits per heavy atom. The summed E-state index contributed by atoms with van der Waals surface area (Å²) in [5, 5.41) is 3.87. The predicted octanol–water partition coefficient (Wildman–Crippen LogP) is 2.58. The Bertz CT molecular complexity index is 1100. The minimum absolute atomic E-state index is 0.0125. The molecular weight excluding hydrogens is 401 g/mol. The SMILES string of the molecule is COc1ccc(S(=O)(=O)N2CC(c3nc(COc4ccccc4)no3)C2)cc1F. The van der Waals surface area contributed by atoms with Crippen LogP contribution in [0, 0.1) is 5.82 Å². The molecule has 0 N–H and O–H groups in total. The lowest BCUT2D eigenvalue weighted by Crippen LogP contribution is -2.48. The maximum atomic E-state index is 13.9. The van der Waals surface area contributed by atoms with Gasteiger partial charge >= 0.3 is 0 Å². The highest BCUT2D eigenvalue weighted by molar-refractivity contribution is 7.89. The van der Waals surface area contributed by atoms with Crippen LogP contribution in [0.3, 0.4) is 0 Å². The van der Waals surface area contributed by atoms with E-state index in [9.17, 15) is 12.8 Å². The van der Waals surface area contributed by atoms with Gasteiger partial charge in [-0.25, -0.2) is 12.8 Å². The lowest BCUT2D eigenvalue weighted by Gasteiger charge is -2.35. The van der Waals surface area contributed by atoms with Gasteiger partial charge in [-0.2, -0.15) is 9.29 Å². The zero-order valence-electron chi connectivity index (χ0n) is 15.5. The molecule has 2 heterocycles. The Morgan fingerprint density at radius 1 is 1.21 bits per heavy atom. The van der Waals surface area contributed by atoms with E-state index in [0.717, 1.165) is 6.07 Å². The highest BCUT2D eigenvalue weighted by Crippen LogP contribution is 2.32. The number of rotatable bonds is 7. The number of halogens is 1. The third-order valence-electron chi connectivity index (χ3n) is 4.55. The maximum absolute atomic E-state index is 13.9. The topological polar surface area (TPSA) is 94.8 Å². The van der Waals surface area contributed by atoms with E-state index in [2.05, 4.69) is 10.1 Å². The Balaban J connectivity index is 1.37. The minimum atomic E-state index is -3.81. The molecule has 0 radical (unpaired) electrons. The molecule has 0 spiro atoms. The summed E-state index contributed by atoms with van der Waals surface area (Å²) >= 11 is 0. The number of nitrogens with zero attached hydrogens (tertiary/aromatic N) is 3. The number of para-hydroxylation sites is 1. The number of hydrogen-bond donors (Lipinski definition) is 0. The summed E-state index contributed by atoms with van der Waals surface area (Å²) in [4.78, 5) is 4.14. The van der Waals surface area contributed by atoms with Crippen molar-refractivity contribution >= 4 is 10.0 Å².